The van der Waals surface area contributed by atoms with Gasteiger partial charge in [0.2, 0.25) is 11.8 Å². The second-order valence-corrected chi connectivity index (χ2v) is 13.4. The molecule has 3 aromatic rings. The van der Waals surface area contributed by atoms with E-state index < -0.39 is 29.2 Å². The van der Waals surface area contributed by atoms with Gasteiger partial charge < -0.3 is 30.6 Å². The van der Waals surface area contributed by atoms with E-state index in [0.29, 0.717) is 42.0 Å². The summed E-state index contributed by atoms with van der Waals surface area (Å²) in [5.74, 6) is -1.02. The Morgan fingerprint density at radius 1 is 1.17 bits per heavy atom. The number of imidazole rings is 1. The van der Waals surface area contributed by atoms with Gasteiger partial charge in [0, 0.05) is 43.8 Å². The zero-order chi connectivity index (χ0) is 33.2. The molecule has 0 radical (unpaired) electrons. The van der Waals surface area contributed by atoms with Crippen LogP contribution in [0.1, 0.15) is 75.4 Å². The first-order chi connectivity index (χ1) is 22.0. The number of rotatable bonds is 11. The number of aromatic nitrogens is 2. The number of urea groups is 1. The van der Waals surface area contributed by atoms with Gasteiger partial charge >= 0.3 is 6.03 Å². The number of fused-ring (bicyclic) bond motifs is 1. The quantitative estimate of drug-likeness (QED) is 0.226. The van der Waals surface area contributed by atoms with Crippen LogP contribution in [0.25, 0.3) is 11.0 Å². The molecule has 4 N–H and O–H groups in total. The average molecular weight is 655 g/mol. The fourth-order valence-corrected chi connectivity index (χ4v) is 6.90. The maximum atomic E-state index is 15.3. The number of ether oxygens (including phenoxy) is 1. The number of H-pyrrole nitrogens is 1. The van der Waals surface area contributed by atoms with Gasteiger partial charge in [0.25, 0.3) is 0 Å². The van der Waals surface area contributed by atoms with Crippen LogP contribution in [0.3, 0.4) is 0 Å². The SMILES string of the molecule is CCNC(=O)[C@H](NC(=O)C1(c2ccc3nc(C(NC(=O)N(C)C)C(c4c(F)cccc4Cl)C(C)C)[nH]c3c2)CCOC1)C1CCC1. The normalized spacial score (nSPS) is 20.2. The highest BCUT2D eigenvalue weighted by Crippen LogP contribution is 2.42. The number of nitrogens with zero attached hydrogens (tertiary/aromatic N) is 2. The van der Waals surface area contributed by atoms with E-state index in [1.165, 1.54) is 11.0 Å². The molecule has 0 bridgehead atoms. The highest BCUT2D eigenvalue weighted by atomic mass is 35.5. The highest BCUT2D eigenvalue weighted by Gasteiger charge is 2.46. The number of carbonyl (C=O) groups excluding carboxylic acids is 3. The molecule has 0 spiro atoms. The zero-order valence-electron chi connectivity index (χ0n) is 27.1. The highest BCUT2D eigenvalue weighted by molar-refractivity contribution is 6.31. The topological polar surface area (TPSA) is 128 Å². The van der Waals surface area contributed by atoms with Crippen molar-refractivity contribution in [3.05, 3.63) is 64.2 Å². The van der Waals surface area contributed by atoms with Gasteiger partial charge in [-0.15, -0.1) is 0 Å². The lowest BCUT2D eigenvalue weighted by molar-refractivity contribution is -0.134. The number of aromatic amines is 1. The number of hydrogen-bond donors (Lipinski definition) is 4. The van der Waals surface area contributed by atoms with Crippen molar-refractivity contribution in [2.24, 2.45) is 11.8 Å². The van der Waals surface area contributed by atoms with Gasteiger partial charge in [-0.25, -0.2) is 14.2 Å². The van der Waals surface area contributed by atoms with E-state index in [-0.39, 0.29) is 41.3 Å². The first-order valence-corrected chi connectivity index (χ1v) is 16.4. The third-order valence-corrected chi connectivity index (χ3v) is 9.77. The molecule has 1 aliphatic carbocycles. The van der Waals surface area contributed by atoms with E-state index in [9.17, 15) is 14.4 Å². The number of carbonyl (C=O) groups is 3. The molecule has 2 aliphatic rings. The Bertz CT molecular complexity index is 1560. The van der Waals surface area contributed by atoms with Crippen LogP contribution in [-0.4, -0.2) is 72.6 Å². The number of nitrogens with one attached hydrogen (secondary N) is 4. The first kappa shape index (κ1) is 33.7. The predicted octanol–water partition coefficient (Wildman–Crippen LogP) is 5.19. The summed E-state index contributed by atoms with van der Waals surface area (Å²) in [5.41, 5.74) is 1.32. The number of benzene rings is 2. The zero-order valence-corrected chi connectivity index (χ0v) is 27.8. The van der Waals surface area contributed by atoms with E-state index in [2.05, 4.69) is 20.9 Å². The van der Waals surface area contributed by atoms with Gasteiger partial charge in [0.15, 0.2) is 0 Å². The Kier molecular flexibility index (Phi) is 10.2. The lowest BCUT2D eigenvalue weighted by atomic mass is 9.76. The molecule has 1 saturated carbocycles. The summed E-state index contributed by atoms with van der Waals surface area (Å²) in [7, 11) is 3.26. The molecular formula is C34H44ClFN6O4. The lowest BCUT2D eigenvalue weighted by Crippen LogP contribution is -2.57. The molecule has 12 heteroatoms. The number of likely N-dealkylation sites (N-methyl/N-ethyl adjacent to an activating group) is 1. The average Bonchev–Trinajstić information content (AvgIpc) is 3.65. The third-order valence-electron chi connectivity index (χ3n) is 9.44. The van der Waals surface area contributed by atoms with E-state index in [4.69, 9.17) is 21.3 Å². The van der Waals surface area contributed by atoms with Crippen molar-refractivity contribution in [2.45, 2.75) is 69.9 Å². The largest absolute Gasteiger partial charge is 0.380 e. The number of halogens is 2. The fraction of sp³-hybridized carbons (Fsp3) is 0.529. The molecule has 3 unspecified atom stereocenters. The Morgan fingerprint density at radius 3 is 2.52 bits per heavy atom. The van der Waals surface area contributed by atoms with Gasteiger partial charge in [-0.05, 0) is 67.9 Å². The minimum Gasteiger partial charge on any atom is -0.380 e. The summed E-state index contributed by atoms with van der Waals surface area (Å²) >= 11 is 6.55. The van der Waals surface area contributed by atoms with Crippen LogP contribution in [0.4, 0.5) is 9.18 Å². The van der Waals surface area contributed by atoms with Crippen molar-refractivity contribution in [3.63, 3.8) is 0 Å². The second-order valence-electron chi connectivity index (χ2n) is 13.0. The second kappa shape index (κ2) is 14.0. The first-order valence-electron chi connectivity index (χ1n) is 16.0. The van der Waals surface area contributed by atoms with Gasteiger partial charge in [0.05, 0.1) is 29.1 Å². The van der Waals surface area contributed by atoms with E-state index >= 15 is 4.39 Å². The van der Waals surface area contributed by atoms with Crippen molar-refractivity contribution in [1.29, 1.82) is 0 Å². The van der Waals surface area contributed by atoms with Crippen LogP contribution >= 0.6 is 11.6 Å². The summed E-state index contributed by atoms with van der Waals surface area (Å²) in [5, 5.41) is 9.26. The summed E-state index contributed by atoms with van der Waals surface area (Å²) in [4.78, 5) is 49.6. The van der Waals surface area contributed by atoms with Crippen LogP contribution in [0.15, 0.2) is 36.4 Å². The standard InChI is InChI=1S/C34H44ClFN6O4/c1-6-37-31(43)28(20-9-7-10-20)40-32(44)34(15-16-46-18-34)21-13-14-24-25(17-21)39-30(38-24)29(41-33(45)42(4)5)26(19(2)3)27-22(35)11-8-12-23(27)36/h8,11-14,17,19-20,26,28-29H,6-7,9-10,15-16,18H2,1-5H3,(H,37,43)(H,38,39)(H,40,44)(H,41,45)/t26?,28-,29?,34?/m1/s1. The van der Waals surface area contributed by atoms with Crippen LogP contribution in [0.5, 0.6) is 0 Å². The molecule has 10 nitrogen and oxygen atoms in total. The van der Waals surface area contributed by atoms with Crippen LogP contribution in [0, 0.1) is 17.7 Å². The van der Waals surface area contributed by atoms with E-state index in [1.54, 1.807) is 26.2 Å². The number of amides is 4. The molecule has 2 fully saturated rings. The minimum absolute atomic E-state index is 0.110. The summed E-state index contributed by atoms with van der Waals surface area (Å²) in [6.45, 7) is 6.84. The van der Waals surface area contributed by atoms with Crippen molar-refractivity contribution >= 4 is 40.5 Å². The molecule has 1 saturated heterocycles. The van der Waals surface area contributed by atoms with Gasteiger partial charge in [0.1, 0.15) is 17.7 Å². The maximum absolute atomic E-state index is 15.3. The fourth-order valence-electron chi connectivity index (χ4n) is 6.62. The molecule has 2 aromatic carbocycles. The number of hydrogen-bond acceptors (Lipinski definition) is 5. The van der Waals surface area contributed by atoms with E-state index in [1.807, 2.05) is 39.0 Å². The Balaban J connectivity index is 1.53. The van der Waals surface area contributed by atoms with Crippen molar-refractivity contribution in [3.8, 4) is 0 Å². The van der Waals surface area contributed by atoms with Crippen LogP contribution in [0.2, 0.25) is 5.02 Å². The Hall–Kier alpha value is -3.70. The van der Waals surface area contributed by atoms with Gasteiger partial charge in [-0.3, -0.25) is 9.59 Å². The van der Waals surface area contributed by atoms with Gasteiger partial charge in [-0.1, -0.05) is 44.0 Å². The monoisotopic (exact) mass is 654 g/mol. The van der Waals surface area contributed by atoms with Crippen molar-refractivity contribution in [2.75, 3.05) is 33.9 Å². The summed E-state index contributed by atoms with van der Waals surface area (Å²) in [6, 6.07) is 8.42. The lowest BCUT2D eigenvalue weighted by Gasteiger charge is -2.36. The van der Waals surface area contributed by atoms with E-state index in [0.717, 1.165) is 24.8 Å². The smallest absolute Gasteiger partial charge is 0.317 e. The molecular weight excluding hydrogens is 611 g/mol. The molecule has 46 heavy (non-hydrogen) atoms. The minimum atomic E-state index is -0.992. The molecule has 1 aliphatic heterocycles. The molecule has 1 aromatic heterocycles. The predicted molar refractivity (Wildman–Crippen MR) is 175 cm³/mol. The van der Waals surface area contributed by atoms with Crippen molar-refractivity contribution < 1.29 is 23.5 Å². The van der Waals surface area contributed by atoms with Gasteiger partial charge in [-0.2, -0.15) is 0 Å². The van der Waals surface area contributed by atoms with Crippen molar-refractivity contribution in [1.82, 2.24) is 30.8 Å². The Morgan fingerprint density at radius 2 is 1.93 bits per heavy atom. The maximum Gasteiger partial charge on any atom is 0.317 e. The molecule has 4 atom stereocenters. The molecule has 4 amide bonds. The summed E-state index contributed by atoms with van der Waals surface area (Å²) < 4.78 is 21.1. The summed E-state index contributed by atoms with van der Waals surface area (Å²) in [6.07, 6.45) is 3.30. The Labute approximate surface area is 274 Å². The van der Waals surface area contributed by atoms with Crippen LogP contribution < -0.4 is 16.0 Å². The molecule has 248 valence electrons. The van der Waals surface area contributed by atoms with Crippen LogP contribution in [-0.2, 0) is 19.7 Å². The molecule has 5 rings (SSSR count). The third kappa shape index (κ3) is 6.57. The molecule has 2 heterocycles.